The van der Waals surface area contributed by atoms with E-state index in [4.69, 9.17) is 23.7 Å². The standard InChI is InChI=1S/C38H48N2O15/c1-51-24-11-13-25(14-12-24)53-36-34(48)33(47)32(46)28(54-36)20-52-38(37(49)50)17-26(42)30(40-29(44)19-41)35(55-38)31(45)27(43)18-39-16-15-21-7-9-23(10-8-21)22-5-3-2-4-6-22/h2-14,26-28,30-36,39,41-43,45-48H,15-20H2,1H3,(H,40,44)(H,49,50)/t26-,27+,28+,30+,31+,32-,33-,34+,35+,36+,38+/m0/s1. The van der Waals surface area contributed by atoms with E-state index >= 15 is 0 Å². The fraction of sp³-hybridized carbons (Fsp3) is 0.474. The molecule has 0 bridgehead atoms. The van der Waals surface area contributed by atoms with Crippen LogP contribution in [0.15, 0.2) is 78.9 Å². The summed E-state index contributed by atoms with van der Waals surface area (Å²) in [7, 11) is 1.47. The molecule has 0 spiro atoms. The maximum absolute atomic E-state index is 12.7. The molecule has 0 radical (unpaired) electrons. The molecule has 0 unspecified atom stereocenters. The van der Waals surface area contributed by atoms with Gasteiger partial charge >= 0.3 is 5.97 Å². The molecule has 0 aromatic heterocycles. The Labute approximate surface area is 316 Å². The van der Waals surface area contributed by atoms with E-state index in [1.807, 2.05) is 54.6 Å². The maximum Gasteiger partial charge on any atom is 0.364 e. The number of amides is 1. The Morgan fingerprint density at radius 3 is 2.18 bits per heavy atom. The number of aliphatic hydroxyl groups is 7. The molecule has 11 atom stereocenters. The first-order chi connectivity index (χ1) is 26.3. The fourth-order valence-corrected chi connectivity index (χ4v) is 6.42. The van der Waals surface area contributed by atoms with Crippen molar-refractivity contribution in [2.75, 3.05) is 33.4 Å². The number of carboxylic acid groups (broad SMARTS) is 1. The summed E-state index contributed by atoms with van der Waals surface area (Å²) in [6.07, 6.45) is -15.8. The van der Waals surface area contributed by atoms with Crippen LogP contribution in [0.1, 0.15) is 12.0 Å². The molecule has 2 fully saturated rings. The van der Waals surface area contributed by atoms with Gasteiger partial charge in [-0.15, -0.1) is 0 Å². The van der Waals surface area contributed by atoms with Gasteiger partial charge in [-0.1, -0.05) is 54.6 Å². The predicted molar refractivity (Wildman–Crippen MR) is 192 cm³/mol. The number of methoxy groups -OCH3 is 1. The molecule has 17 nitrogen and oxygen atoms in total. The van der Waals surface area contributed by atoms with Crippen LogP contribution in [0, 0.1) is 0 Å². The van der Waals surface area contributed by atoms with Gasteiger partial charge in [-0.25, -0.2) is 4.79 Å². The number of aliphatic carboxylic acids is 1. The van der Waals surface area contributed by atoms with Crippen molar-refractivity contribution in [1.82, 2.24) is 10.6 Å². The molecule has 3 aromatic carbocycles. The largest absolute Gasteiger partial charge is 0.497 e. The highest BCUT2D eigenvalue weighted by Gasteiger charge is 2.57. The first-order valence-corrected chi connectivity index (χ1v) is 17.7. The number of nitrogens with one attached hydrogen (secondary N) is 2. The van der Waals surface area contributed by atoms with Crippen LogP contribution in [0.2, 0.25) is 0 Å². The first kappa shape index (κ1) is 41.9. The number of carbonyl (C=O) groups is 2. The fourth-order valence-electron chi connectivity index (χ4n) is 6.42. The number of ether oxygens (including phenoxy) is 5. The molecule has 2 heterocycles. The summed E-state index contributed by atoms with van der Waals surface area (Å²) in [5, 5.41) is 90.2. The number of aliphatic hydroxyl groups excluding tert-OH is 7. The lowest BCUT2D eigenvalue weighted by atomic mass is 9.88. The van der Waals surface area contributed by atoms with Crippen molar-refractivity contribution in [2.45, 2.75) is 79.8 Å². The molecular formula is C38H48N2O15. The van der Waals surface area contributed by atoms with Crippen molar-refractivity contribution in [1.29, 1.82) is 0 Å². The highest BCUT2D eigenvalue weighted by molar-refractivity contribution is 5.78. The molecule has 0 saturated carbocycles. The Morgan fingerprint density at radius 2 is 1.55 bits per heavy atom. The maximum atomic E-state index is 12.7. The van der Waals surface area contributed by atoms with Crippen molar-refractivity contribution in [3.05, 3.63) is 84.4 Å². The molecule has 1 amide bonds. The third kappa shape index (κ3) is 10.3. The highest BCUT2D eigenvalue weighted by Crippen LogP contribution is 2.35. The first-order valence-electron chi connectivity index (χ1n) is 17.7. The lowest BCUT2D eigenvalue weighted by Gasteiger charge is -2.47. The molecule has 55 heavy (non-hydrogen) atoms. The lowest BCUT2D eigenvalue weighted by Crippen LogP contribution is -2.69. The number of carbonyl (C=O) groups excluding carboxylic acids is 1. The van der Waals surface area contributed by atoms with Gasteiger partial charge in [-0.3, -0.25) is 4.79 Å². The van der Waals surface area contributed by atoms with Crippen molar-refractivity contribution in [2.24, 2.45) is 0 Å². The van der Waals surface area contributed by atoms with E-state index in [2.05, 4.69) is 10.6 Å². The van der Waals surface area contributed by atoms with E-state index in [1.165, 1.54) is 19.2 Å². The summed E-state index contributed by atoms with van der Waals surface area (Å²) in [6, 6.07) is 22.4. The van der Waals surface area contributed by atoms with Crippen molar-refractivity contribution in [3.8, 4) is 22.6 Å². The van der Waals surface area contributed by atoms with Gasteiger partial charge in [0.25, 0.3) is 5.79 Å². The molecule has 300 valence electrons. The van der Waals surface area contributed by atoms with Crippen molar-refractivity contribution >= 4 is 11.9 Å². The zero-order valence-corrected chi connectivity index (χ0v) is 30.0. The summed E-state index contributed by atoms with van der Waals surface area (Å²) >= 11 is 0. The highest BCUT2D eigenvalue weighted by atomic mass is 16.7. The Bertz CT molecular complexity index is 1670. The van der Waals surface area contributed by atoms with Crippen LogP contribution in [0.3, 0.4) is 0 Å². The number of benzene rings is 3. The minimum Gasteiger partial charge on any atom is -0.497 e. The van der Waals surface area contributed by atoms with Gasteiger partial charge in [-0.2, -0.15) is 0 Å². The molecule has 10 N–H and O–H groups in total. The monoisotopic (exact) mass is 772 g/mol. The van der Waals surface area contributed by atoms with E-state index in [0.29, 0.717) is 18.7 Å². The Balaban J connectivity index is 1.24. The van der Waals surface area contributed by atoms with Gasteiger partial charge in [0.1, 0.15) is 54.7 Å². The smallest absolute Gasteiger partial charge is 0.364 e. The van der Waals surface area contributed by atoms with E-state index in [9.17, 15) is 50.4 Å². The molecule has 0 aliphatic carbocycles. The number of hydrogen-bond donors (Lipinski definition) is 10. The topological polar surface area (TPSA) is 266 Å². The minimum atomic E-state index is -2.75. The Hall–Kier alpha value is -4.24. The summed E-state index contributed by atoms with van der Waals surface area (Å²) < 4.78 is 27.8. The zero-order valence-electron chi connectivity index (χ0n) is 30.0. The van der Waals surface area contributed by atoms with Gasteiger partial charge in [0.15, 0.2) is 0 Å². The number of hydrogen-bond acceptors (Lipinski definition) is 15. The van der Waals surface area contributed by atoms with Crippen LogP contribution in [0.25, 0.3) is 11.1 Å². The van der Waals surface area contributed by atoms with E-state index in [1.54, 1.807) is 12.1 Å². The SMILES string of the molecule is COc1ccc(O[C@@H]2O[C@H](CO[C@]3(C(=O)O)C[C@H](O)[C@@H](NC(=O)CO)[C@H]([C@H](O)[C@H](O)CNCCc4ccc(-c5ccccc5)cc4)O3)[C@H](O)[C@H](O)[C@H]2O)cc1. The molecule has 2 aliphatic rings. The molecule has 3 aromatic rings. The van der Waals surface area contributed by atoms with E-state index < -0.39 is 98.5 Å². The lowest BCUT2D eigenvalue weighted by molar-refractivity contribution is -0.331. The van der Waals surface area contributed by atoms with Gasteiger partial charge < -0.3 is 75.2 Å². The Morgan fingerprint density at radius 1 is 0.891 bits per heavy atom. The normalized spacial score (nSPS) is 29.2. The summed E-state index contributed by atoms with van der Waals surface area (Å²) in [6.45, 7) is -1.64. The second-order valence-electron chi connectivity index (χ2n) is 13.4. The molecule has 2 aliphatic heterocycles. The van der Waals surface area contributed by atoms with Crippen LogP contribution >= 0.6 is 0 Å². The second-order valence-corrected chi connectivity index (χ2v) is 13.4. The quantitative estimate of drug-likeness (QED) is 0.0702. The molecule has 2 saturated heterocycles. The Kier molecular flexibility index (Phi) is 14.5. The second kappa shape index (κ2) is 19.1. The van der Waals surface area contributed by atoms with Crippen LogP contribution in [0.5, 0.6) is 11.5 Å². The van der Waals surface area contributed by atoms with Gasteiger partial charge in [0, 0.05) is 13.0 Å². The summed E-state index contributed by atoms with van der Waals surface area (Å²) in [5.74, 6) is -4.79. The third-order valence-electron chi connectivity index (χ3n) is 9.57. The summed E-state index contributed by atoms with van der Waals surface area (Å²) in [4.78, 5) is 24.9. The number of carboxylic acids is 1. The zero-order chi connectivity index (χ0) is 39.7. The van der Waals surface area contributed by atoms with Crippen molar-refractivity contribution < 1.29 is 74.1 Å². The van der Waals surface area contributed by atoms with Gasteiger partial charge in [0.2, 0.25) is 12.2 Å². The summed E-state index contributed by atoms with van der Waals surface area (Å²) in [5.41, 5.74) is 3.13. The van der Waals surface area contributed by atoms with E-state index in [0.717, 1.165) is 16.7 Å². The average Bonchev–Trinajstić information content (AvgIpc) is 3.20. The molecular weight excluding hydrogens is 724 g/mol. The van der Waals surface area contributed by atoms with E-state index in [-0.39, 0.29) is 12.3 Å². The number of rotatable bonds is 17. The minimum absolute atomic E-state index is 0.201. The average molecular weight is 773 g/mol. The van der Waals surface area contributed by atoms with Gasteiger partial charge in [-0.05, 0) is 53.9 Å². The van der Waals surface area contributed by atoms with Crippen LogP contribution < -0.4 is 20.1 Å². The molecule has 17 heteroatoms. The predicted octanol–water partition coefficient (Wildman–Crippen LogP) is -1.47. The van der Waals surface area contributed by atoms with Crippen LogP contribution in [-0.2, 0) is 30.2 Å². The molecule has 5 rings (SSSR count). The van der Waals surface area contributed by atoms with Crippen LogP contribution in [-0.4, -0.2) is 153 Å². The van der Waals surface area contributed by atoms with Gasteiger partial charge in [0.05, 0.1) is 32.0 Å². The van der Waals surface area contributed by atoms with Crippen molar-refractivity contribution in [3.63, 3.8) is 0 Å². The van der Waals surface area contributed by atoms with Crippen LogP contribution in [0.4, 0.5) is 0 Å². The third-order valence-corrected chi connectivity index (χ3v) is 9.57.